The lowest BCUT2D eigenvalue weighted by molar-refractivity contribution is 0.296. The van der Waals surface area contributed by atoms with Gasteiger partial charge in [-0.1, -0.05) is 12.8 Å². The lowest BCUT2D eigenvalue weighted by atomic mass is 10.0. The van der Waals surface area contributed by atoms with Crippen molar-refractivity contribution < 1.29 is 4.74 Å². The fourth-order valence-electron chi connectivity index (χ4n) is 3.82. The quantitative estimate of drug-likeness (QED) is 0.831. The first kappa shape index (κ1) is 14.5. The number of hydrogen-bond donors (Lipinski definition) is 1. The Labute approximate surface area is 143 Å². The predicted octanol–water partition coefficient (Wildman–Crippen LogP) is 4.80. The van der Waals surface area contributed by atoms with Crippen LogP contribution in [0, 0.1) is 5.92 Å². The minimum absolute atomic E-state index is 0.655. The fraction of sp³-hybridized carbons (Fsp3) is 0.600. The molecule has 0 atom stereocenters. The Morgan fingerprint density at radius 1 is 0.958 bits per heavy atom. The molecule has 4 heteroatoms. The second-order valence-electron chi connectivity index (χ2n) is 7.83. The highest BCUT2D eigenvalue weighted by atomic mass is 16.5. The Bertz CT molecular complexity index is 724. The molecule has 24 heavy (non-hydrogen) atoms. The number of nitrogens with one attached hydrogen (secondary N) is 1. The van der Waals surface area contributed by atoms with Crippen LogP contribution in [-0.2, 0) is 0 Å². The molecule has 0 aromatic carbocycles. The van der Waals surface area contributed by atoms with E-state index in [1.54, 1.807) is 0 Å². The number of ether oxygens (including phenoxy) is 1. The van der Waals surface area contributed by atoms with Crippen LogP contribution >= 0.6 is 0 Å². The van der Waals surface area contributed by atoms with E-state index in [4.69, 9.17) is 9.72 Å². The molecule has 0 amide bonds. The van der Waals surface area contributed by atoms with Crippen molar-refractivity contribution in [3.8, 4) is 17.1 Å². The van der Waals surface area contributed by atoms with Crippen LogP contribution in [0.4, 0.5) is 0 Å². The van der Waals surface area contributed by atoms with Gasteiger partial charge in [0.2, 0.25) is 0 Å². The molecule has 0 saturated heterocycles. The molecule has 3 aliphatic rings. The Morgan fingerprint density at radius 2 is 1.79 bits per heavy atom. The number of pyridine rings is 1. The second-order valence-corrected chi connectivity index (χ2v) is 7.83. The molecule has 5 rings (SSSR count). The standard InChI is InChI=1S/C20H25N3O/c1-2-4-15(3-1)17-9-19(23-22-17)18-10-20(24-12-13-5-6-13)16(11-21-18)14-7-8-14/h9-11,13-15H,1-8,12H2,(H,22,23). The Balaban J connectivity index is 1.41. The summed E-state index contributed by atoms with van der Waals surface area (Å²) in [7, 11) is 0. The third-order valence-electron chi connectivity index (χ3n) is 5.74. The van der Waals surface area contributed by atoms with E-state index in [-0.39, 0.29) is 0 Å². The maximum Gasteiger partial charge on any atom is 0.126 e. The van der Waals surface area contributed by atoms with Crippen LogP contribution in [0.25, 0.3) is 11.4 Å². The SMILES string of the molecule is c1c(-c2cc(OCC3CC3)c(C3CC3)cn2)n[nH]c1C1CCCC1. The van der Waals surface area contributed by atoms with E-state index < -0.39 is 0 Å². The molecule has 4 nitrogen and oxygen atoms in total. The predicted molar refractivity (Wildman–Crippen MR) is 93.2 cm³/mol. The van der Waals surface area contributed by atoms with Crippen LogP contribution in [-0.4, -0.2) is 21.8 Å². The van der Waals surface area contributed by atoms with E-state index in [2.05, 4.69) is 22.3 Å². The maximum absolute atomic E-state index is 6.15. The second kappa shape index (κ2) is 5.91. The molecule has 0 radical (unpaired) electrons. The molecule has 3 fully saturated rings. The van der Waals surface area contributed by atoms with Gasteiger partial charge in [0, 0.05) is 29.4 Å². The number of nitrogens with zero attached hydrogens (tertiary/aromatic N) is 2. The highest BCUT2D eigenvalue weighted by Gasteiger charge is 2.29. The zero-order valence-corrected chi connectivity index (χ0v) is 14.1. The number of aromatic nitrogens is 3. The van der Waals surface area contributed by atoms with Gasteiger partial charge >= 0.3 is 0 Å². The van der Waals surface area contributed by atoms with Gasteiger partial charge in [0.25, 0.3) is 0 Å². The van der Waals surface area contributed by atoms with Gasteiger partial charge in [0.15, 0.2) is 0 Å². The molecule has 1 N–H and O–H groups in total. The third-order valence-corrected chi connectivity index (χ3v) is 5.74. The van der Waals surface area contributed by atoms with Crippen molar-refractivity contribution in [2.45, 2.75) is 63.2 Å². The molecule has 0 spiro atoms. The first-order chi connectivity index (χ1) is 11.9. The number of aromatic amines is 1. The fourth-order valence-corrected chi connectivity index (χ4v) is 3.82. The third kappa shape index (κ3) is 2.94. The summed E-state index contributed by atoms with van der Waals surface area (Å²) in [5, 5.41) is 7.77. The van der Waals surface area contributed by atoms with Crippen molar-refractivity contribution in [1.29, 1.82) is 0 Å². The van der Waals surface area contributed by atoms with Crippen molar-refractivity contribution in [2.24, 2.45) is 5.92 Å². The average molecular weight is 323 g/mol. The van der Waals surface area contributed by atoms with E-state index in [0.717, 1.165) is 29.7 Å². The summed E-state index contributed by atoms with van der Waals surface area (Å²) in [4.78, 5) is 4.69. The smallest absolute Gasteiger partial charge is 0.126 e. The van der Waals surface area contributed by atoms with Crippen LogP contribution in [0.1, 0.15) is 74.5 Å². The Kier molecular flexibility index (Phi) is 3.57. The molecule has 0 bridgehead atoms. The van der Waals surface area contributed by atoms with Crippen molar-refractivity contribution >= 4 is 0 Å². The number of H-pyrrole nitrogens is 1. The van der Waals surface area contributed by atoms with Gasteiger partial charge in [-0.2, -0.15) is 5.10 Å². The lowest BCUT2D eigenvalue weighted by Crippen LogP contribution is -2.02. The number of rotatable bonds is 6. The molecule has 3 saturated carbocycles. The lowest BCUT2D eigenvalue weighted by Gasteiger charge is -2.11. The summed E-state index contributed by atoms with van der Waals surface area (Å²) in [6, 6.07) is 4.31. The maximum atomic E-state index is 6.15. The van der Waals surface area contributed by atoms with E-state index in [9.17, 15) is 0 Å². The van der Waals surface area contributed by atoms with Gasteiger partial charge in [-0.25, -0.2) is 0 Å². The molecule has 2 aromatic heterocycles. The molecule has 126 valence electrons. The van der Waals surface area contributed by atoms with E-state index in [1.165, 1.54) is 62.6 Å². The molecule has 2 heterocycles. The van der Waals surface area contributed by atoms with Crippen LogP contribution in [0.2, 0.25) is 0 Å². The van der Waals surface area contributed by atoms with Crippen LogP contribution in [0.5, 0.6) is 5.75 Å². The Morgan fingerprint density at radius 3 is 2.54 bits per heavy atom. The summed E-state index contributed by atoms with van der Waals surface area (Å²) >= 11 is 0. The Hall–Kier alpha value is -1.84. The summed E-state index contributed by atoms with van der Waals surface area (Å²) in [6.07, 6.45) is 12.5. The van der Waals surface area contributed by atoms with E-state index >= 15 is 0 Å². The van der Waals surface area contributed by atoms with Crippen LogP contribution < -0.4 is 4.74 Å². The van der Waals surface area contributed by atoms with Gasteiger partial charge in [-0.05, 0) is 56.4 Å². The molecule has 2 aromatic rings. The van der Waals surface area contributed by atoms with Crippen LogP contribution in [0.3, 0.4) is 0 Å². The summed E-state index contributed by atoms with van der Waals surface area (Å²) in [5.74, 6) is 3.13. The van der Waals surface area contributed by atoms with Crippen molar-refractivity contribution in [2.75, 3.05) is 6.61 Å². The molecular formula is C20H25N3O. The molecular weight excluding hydrogens is 298 g/mol. The van der Waals surface area contributed by atoms with E-state index in [1.807, 2.05) is 6.20 Å². The first-order valence-electron chi connectivity index (χ1n) is 9.55. The van der Waals surface area contributed by atoms with Crippen molar-refractivity contribution in [1.82, 2.24) is 15.2 Å². The highest BCUT2D eigenvalue weighted by molar-refractivity contribution is 5.58. The van der Waals surface area contributed by atoms with Gasteiger partial charge in [-0.3, -0.25) is 10.1 Å². The first-order valence-corrected chi connectivity index (χ1v) is 9.55. The van der Waals surface area contributed by atoms with Crippen molar-refractivity contribution in [3.63, 3.8) is 0 Å². The topological polar surface area (TPSA) is 50.8 Å². The zero-order chi connectivity index (χ0) is 15.9. The molecule has 3 aliphatic carbocycles. The summed E-state index contributed by atoms with van der Waals surface area (Å²) in [5.41, 5.74) is 4.46. The zero-order valence-electron chi connectivity index (χ0n) is 14.1. The normalized spacial score (nSPS) is 21.3. The summed E-state index contributed by atoms with van der Waals surface area (Å²) < 4.78 is 6.15. The molecule has 0 unspecified atom stereocenters. The highest BCUT2D eigenvalue weighted by Crippen LogP contribution is 2.45. The van der Waals surface area contributed by atoms with Gasteiger partial charge in [0.1, 0.15) is 11.4 Å². The van der Waals surface area contributed by atoms with Gasteiger partial charge < -0.3 is 4.74 Å². The molecule has 0 aliphatic heterocycles. The minimum atomic E-state index is 0.655. The van der Waals surface area contributed by atoms with Crippen LogP contribution in [0.15, 0.2) is 18.3 Å². The van der Waals surface area contributed by atoms with Crippen molar-refractivity contribution in [3.05, 3.63) is 29.6 Å². The largest absolute Gasteiger partial charge is 0.493 e. The average Bonchev–Trinajstić information content (AvgIpc) is 3.51. The van der Waals surface area contributed by atoms with Gasteiger partial charge in [-0.15, -0.1) is 0 Å². The minimum Gasteiger partial charge on any atom is -0.493 e. The summed E-state index contributed by atoms with van der Waals surface area (Å²) in [6.45, 7) is 0.858. The monoisotopic (exact) mass is 323 g/mol. The van der Waals surface area contributed by atoms with E-state index in [0.29, 0.717) is 11.8 Å². The van der Waals surface area contributed by atoms with Gasteiger partial charge in [0.05, 0.1) is 12.3 Å². The number of hydrogen-bond acceptors (Lipinski definition) is 3.